The maximum Gasteiger partial charge on any atom is 0.188 e. The van der Waals surface area contributed by atoms with Gasteiger partial charge in [-0.25, -0.2) is 4.99 Å². The molecule has 0 fully saturated rings. The van der Waals surface area contributed by atoms with E-state index in [4.69, 9.17) is 10.5 Å². The molecule has 0 spiro atoms. The standard InChI is InChI=1S/C14H23N3O/c1-11(2)8-16-14(15)17-9-12-4-6-13(7-5-12)10-18-3/h4-7,11H,8-10H2,1-3H3,(H3,15,16,17). The molecule has 1 aromatic rings. The van der Waals surface area contributed by atoms with E-state index in [0.717, 1.165) is 17.7 Å². The van der Waals surface area contributed by atoms with Crippen LogP contribution in [0.3, 0.4) is 0 Å². The van der Waals surface area contributed by atoms with Crippen LogP contribution in [0.2, 0.25) is 0 Å². The van der Waals surface area contributed by atoms with Crippen LogP contribution in [0.4, 0.5) is 0 Å². The highest BCUT2D eigenvalue weighted by molar-refractivity contribution is 5.77. The van der Waals surface area contributed by atoms with Crippen LogP contribution in [-0.2, 0) is 17.9 Å². The SMILES string of the molecule is COCc1ccc(CN=C(N)NCC(C)C)cc1. The lowest BCUT2D eigenvalue weighted by atomic mass is 10.1. The van der Waals surface area contributed by atoms with E-state index in [1.54, 1.807) is 7.11 Å². The summed E-state index contributed by atoms with van der Waals surface area (Å²) in [6.07, 6.45) is 0. The molecule has 18 heavy (non-hydrogen) atoms. The molecule has 0 radical (unpaired) electrons. The predicted octanol–water partition coefficient (Wildman–Crippen LogP) is 1.89. The van der Waals surface area contributed by atoms with Gasteiger partial charge in [0.25, 0.3) is 0 Å². The minimum absolute atomic E-state index is 0.504. The number of ether oxygens (including phenoxy) is 1. The molecule has 1 aromatic carbocycles. The van der Waals surface area contributed by atoms with Crippen molar-refractivity contribution < 1.29 is 4.74 Å². The summed E-state index contributed by atoms with van der Waals surface area (Å²) in [6.45, 7) is 6.36. The van der Waals surface area contributed by atoms with Crippen LogP contribution in [0.5, 0.6) is 0 Å². The molecule has 0 heterocycles. The minimum Gasteiger partial charge on any atom is -0.380 e. The molecule has 0 saturated heterocycles. The summed E-state index contributed by atoms with van der Waals surface area (Å²) in [6, 6.07) is 8.19. The molecule has 0 aliphatic heterocycles. The highest BCUT2D eigenvalue weighted by Gasteiger charge is 1.96. The second-order valence-electron chi connectivity index (χ2n) is 4.73. The van der Waals surface area contributed by atoms with Gasteiger partial charge in [0.05, 0.1) is 13.2 Å². The quantitative estimate of drug-likeness (QED) is 0.598. The number of aliphatic imine (C=N–C) groups is 1. The molecule has 0 unspecified atom stereocenters. The molecule has 0 bridgehead atoms. The zero-order chi connectivity index (χ0) is 13.4. The van der Waals surface area contributed by atoms with Crippen molar-refractivity contribution in [3.63, 3.8) is 0 Å². The van der Waals surface area contributed by atoms with Gasteiger partial charge in [-0.15, -0.1) is 0 Å². The van der Waals surface area contributed by atoms with E-state index >= 15 is 0 Å². The number of nitrogens with zero attached hydrogens (tertiary/aromatic N) is 1. The van der Waals surface area contributed by atoms with Gasteiger partial charge in [0.1, 0.15) is 0 Å². The topological polar surface area (TPSA) is 59.6 Å². The molecule has 0 saturated carbocycles. The fraction of sp³-hybridized carbons (Fsp3) is 0.500. The molecule has 0 aliphatic carbocycles. The lowest BCUT2D eigenvalue weighted by Gasteiger charge is -2.08. The van der Waals surface area contributed by atoms with Gasteiger partial charge in [-0.2, -0.15) is 0 Å². The number of methoxy groups -OCH3 is 1. The molecule has 4 nitrogen and oxygen atoms in total. The third-order valence-corrected chi connectivity index (χ3v) is 2.46. The minimum atomic E-state index is 0.504. The smallest absolute Gasteiger partial charge is 0.188 e. The maximum absolute atomic E-state index is 5.77. The first-order valence-electron chi connectivity index (χ1n) is 6.22. The number of nitrogens with two attached hydrogens (primary N) is 1. The molecule has 0 aliphatic rings. The Morgan fingerprint density at radius 1 is 1.28 bits per heavy atom. The number of nitrogens with one attached hydrogen (secondary N) is 1. The molecule has 4 heteroatoms. The van der Waals surface area contributed by atoms with Gasteiger partial charge in [-0.1, -0.05) is 38.1 Å². The summed E-state index contributed by atoms with van der Waals surface area (Å²) in [5.41, 5.74) is 8.07. The summed E-state index contributed by atoms with van der Waals surface area (Å²) < 4.78 is 5.06. The first-order valence-corrected chi connectivity index (χ1v) is 6.22. The molecule has 0 atom stereocenters. The van der Waals surface area contributed by atoms with Gasteiger partial charge >= 0.3 is 0 Å². The Balaban J connectivity index is 2.44. The number of guanidine groups is 1. The van der Waals surface area contributed by atoms with E-state index in [2.05, 4.69) is 24.2 Å². The lowest BCUT2D eigenvalue weighted by Crippen LogP contribution is -2.34. The Kier molecular flexibility index (Phi) is 6.22. The first kappa shape index (κ1) is 14.5. The van der Waals surface area contributed by atoms with Crippen molar-refractivity contribution in [2.45, 2.75) is 27.0 Å². The van der Waals surface area contributed by atoms with Crippen molar-refractivity contribution >= 4 is 5.96 Å². The highest BCUT2D eigenvalue weighted by Crippen LogP contribution is 2.06. The van der Waals surface area contributed by atoms with Crippen molar-refractivity contribution in [1.82, 2.24) is 5.32 Å². The monoisotopic (exact) mass is 249 g/mol. The third-order valence-electron chi connectivity index (χ3n) is 2.46. The Labute approximate surface area is 109 Å². The van der Waals surface area contributed by atoms with Crippen molar-refractivity contribution in [2.24, 2.45) is 16.6 Å². The van der Waals surface area contributed by atoms with Crippen molar-refractivity contribution in [3.05, 3.63) is 35.4 Å². The summed E-state index contributed by atoms with van der Waals surface area (Å²) in [5.74, 6) is 1.07. The van der Waals surface area contributed by atoms with Gasteiger partial charge in [0, 0.05) is 13.7 Å². The highest BCUT2D eigenvalue weighted by atomic mass is 16.5. The third kappa shape index (κ3) is 5.68. The van der Waals surface area contributed by atoms with Crippen LogP contribution >= 0.6 is 0 Å². The van der Waals surface area contributed by atoms with E-state index in [1.165, 1.54) is 0 Å². The summed E-state index contributed by atoms with van der Waals surface area (Å²) in [7, 11) is 1.69. The number of hydrogen-bond acceptors (Lipinski definition) is 2. The molecular formula is C14H23N3O. The van der Waals surface area contributed by atoms with Gasteiger partial charge in [0.2, 0.25) is 0 Å². The van der Waals surface area contributed by atoms with Gasteiger partial charge in [-0.3, -0.25) is 0 Å². The Bertz CT molecular complexity index is 371. The van der Waals surface area contributed by atoms with Crippen molar-refractivity contribution in [2.75, 3.05) is 13.7 Å². The van der Waals surface area contributed by atoms with E-state index in [1.807, 2.05) is 24.3 Å². The lowest BCUT2D eigenvalue weighted by molar-refractivity contribution is 0.185. The zero-order valence-electron chi connectivity index (χ0n) is 11.4. The molecular weight excluding hydrogens is 226 g/mol. The Morgan fingerprint density at radius 2 is 1.89 bits per heavy atom. The molecule has 0 aromatic heterocycles. The van der Waals surface area contributed by atoms with E-state index < -0.39 is 0 Å². The average Bonchev–Trinajstić information content (AvgIpc) is 2.36. The van der Waals surface area contributed by atoms with E-state index in [9.17, 15) is 0 Å². The van der Waals surface area contributed by atoms with Gasteiger partial charge in [-0.05, 0) is 17.0 Å². The van der Waals surface area contributed by atoms with Crippen molar-refractivity contribution in [3.8, 4) is 0 Å². The average molecular weight is 249 g/mol. The van der Waals surface area contributed by atoms with Crippen LogP contribution in [0.1, 0.15) is 25.0 Å². The Hall–Kier alpha value is -1.55. The molecule has 0 amide bonds. The molecule has 100 valence electrons. The second kappa shape index (κ2) is 7.71. The fourth-order valence-corrected chi connectivity index (χ4v) is 1.45. The number of hydrogen-bond donors (Lipinski definition) is 2. The normalized spacial score (nSPS) is 11.9. The molecule has 3 N–H and O–H groups in total. The van der Waals surface area contributed by atoms with Crippen LogP contribution < -0.4 is 11.1 Å². The fourth-order valence-electron chi connectivity index (χ4n) is 1.45. The van der Waals surface area contributed by atoms with Crippen LogP contribution in [0, 0.1) is 5.92 Å². The van der Waals surface area contributed by atoms with E-state index in [0.29, 0.717) is 25.0 Å². The number of benzene rings is 1. The summed E-state index contributed by atoms with van der Waals surface area (Å²) >= 11 is 0. The largest absolute Gasteiger partial charge is 0.380 e. The van der Waals surface area contributed by atoms with Gasteiger partial charge in [0.15, 0.2) is 5.96 Å². The zero-order valence-corrected chi connectivity index (χ0v) is 11.4. The second-order valence-corrected chi connectivity index (χ2v) is 4.73. The van der Waals surface area contributed by atoms with Crippen LogP contribution in [0.15, 0.2) is 29.3 Å². The predicted molar refractivity (Wildman–Crippen MR) is 75.3 cm³/mol. The number of rotatable bonds is 6. The van der Waals surface area contributed by atoms with Crippen LogP contribution in [-0.4, -0.2) is 19.6 Å². The van der Waals surface area contributed by atoms with Crippen LogP contribution in [0.25, 0.3) is 0 Å². The Morgan fingerprint density at radius 3 is 2.44 bits per heavy atom. The van der Waals surface area contributed by atoms with Gasteiger partial charge < -0.3 is 15.8 Å². The molecule has 1 rings (SSSR count). The summed E-state index contributed by atoms with van der Waals surface area (Å²) in [5, 5.41) is 3.09. The maximum atomic E-state index is 5.77. The van der Waals surface area contributed by atoms with E-state index in [-0.39, 0.29) is 0 Å². The van der Waals surface area contributed by atoms with Crippen molar-refractivity contribution in [1.29, 1.82) is 0 Å². The first-order chi connectivity index (χ1) is 8.61. The summed E-state index contributed by atoms with van der Waals surface area (Å²) in [4.78, 5) is 4.29.